The van der Waals surface area contributed by atoms with E-state index in [1.807, 2.05) is 38.1 Å². The van der Waals surface area contributed by atoms with Gasteiger partial charge in [0.05, 0.1) is 7.11 Å². The number of aryl methyl sites for hydroxylation is 1. The van der Waals surface area contributed by atoms with E-state index in [4.69, 9.17) is 4.74 Å². The van der Waals surface area contributed by atoms with Crippen LogP contribution in [0.3, 0.4) is 0 Å². The summed E-state index contributed by atoms with van der Waals surface area (Å²) in [6, 6.07) is 6.99. The number of amides is 3. The molecule has 1 fully saturated rings. The summed E-state index contributed by atoms with van der Waals surface area (Å²) in [5.41, 5.74) is 2.36. The Morgan fingerprint density at radius 2 is 2.00 bits per heavy atom. The minimum atomic E-state index is -0.578. The minimum absolute atomic E-state index is 0.164. The maximum Gasteiger partial charge on any atom is 0.268 e. The molecule has 0 spiro atoms. The fourth-order valence-corrected chi connectivity index (χ4v) is 4.70. The number of hydrogen-bond donors (Lipinski definition) is 2. The summed E-state index contributed by atoms with van der Waals surface area (Å²) in [4.78, 5) is 39.1. The summed E-state index contributed by atoms with van der Waals surface area (Å²) in [5, 5.41) is 5.47. The van der Waals surface area contributed by atoms with Crippen LogP contribution < -0.4 is 15.4 Å². The number of nitrogens with zero attached hydrogens (tertiary/aromatic N) is 1. The lowest BCUT2D eigenvalue weighted by Gasteiger charge is -2.49. The van der Waals surface area contributed by atoms with Crippen molar-refractivity contribution in [1.82, 2.24) is 15.5 Å². The van der Waals surface area contributed by atoms with Gasteiger partial charge in [-0.25, -0.2) is 0 Å². The van der Waals surface area contributed by atoms with Gasteiger partial charge in [-0.1, -0.05) is 19.1 Å². The molecular formula is C21H27N3O4S. The second kappa shape index (κ2) is 9.35. The van der Waals surface area contributed by atoms with Crippen molar-refractivity contribution in [2.45, 2.75) is 44.5 Å². The Hall–Kier alpha value is -2.48. The average Bonchev–Trinajstić information content (AvgIpc) is 2.74. The summed E-state index contributed by atoms with van der Waals surface area (Å²) >= 11 is 1.58. The number of methoxy groups -OCH3 is 1. The number of nitrogens with one attached hydrogen (secondary N) is 2. The third-order valence-corrected chi connectivity index (χ3v) is 6.45. The lowest BCUT2D eigenvalue weighted by Crippen LogP contribution is -2.71. The molecule has 2 N–H and O–H groups in total. The van der Waals surface area contributed by atoms with Crippen molar-refractivity contribution in [3.05, 3.63) is 41.1 Å². The fraction of sp³-hybridized carbons (Fsp3) is 0.476. The van der Waals surface area contributed by atoms with Crippen LogP contribution in [0.1, 0.15) is 32.3 Å². The number of fused-ring (bicyclic) bond motifs is 1. The molecule has 1 aromatic rings. The number of ether oxygens (including phenoxy) is 1. The molecule has 2 heterocycles. The molecule has 1 aromatic carbocycles. The second-order valence-corrected chi connectivity index (χ2v) is 8.29. The number of carbonyl (C=O) groups is 3. The number of benzene rings is 1. The second-order valence-electron chi connectivity index (χ2n) is 7.19. The van der Waals surface area contributed by atoms with E-state index in [1.54, 1.807) is 18.9 Å². The molecule has 1 saturated heterocycles. The molecule has 2 aliphatic heterocycles. The van der Waals surface area contributed by atoms with Gasteiger partial charge in [0, 0.05) is 18.7 Å². The van der Waals surface area contributed by atoms with Crippen LogP contribution in [0.2, 0.25) is 0 Å². The topological polar surface area (TPSA) is 87.7 Å². The maximum atomic E-state index is 12.7. The Kier molecular flexibility index (Phi) is 6.84. The highest BCUT2D eigenvalue weighted by Gasteiger charge is 2.53. The van der Waals surface area contributed by atoms with Gasteiger partial charge in [-0.2, -0.15) is 0 Å². The zero-order valence-corrected chi connectivity index (χ0v) is 17.8. The van der Waals surface area contributed by atoms with E-state index in [0.717, 1.165) is 23.3 Å². The molecule has 0 radical (unpaired) electrons. The van der Waals surface area contributed by atoms with Gasteiger partial charge >= 0.3 is 0 Å². The first kappa shape index (κ1) is 21.2. The first-order chi connectivity index (χ1) is 14.0. The van der Waals surface area contributed by atoms with Crippen molar-refractivity contribution < 1.29 is 19.1 Å². The molecule has 3 rings (SSSR count). The van der Waals surface area contributed by atoms with Gasteiger partial charge in [0.25, 0.3) is 11.8 Å². The number of β-lactam (4-membered cyclic amide) rings is 1. The zero-order valence-electron chi connectivity index (χ0n) is 17.0. The minimum Gasteiger partial charge on any atom is -0.497 e. The molecule has 0 bridgehead atoms. The Bertz CT molecular complexity index is 822. The molecule has 0 saturated carbocycles. The molecule has 2 unspecified atom stereocenters. The van der Waals surface area contributed by atoms with Crippen LogP contribution in [0, 0.1) is 0 Å². The van der Waals surface area contributed by atoms with Crippen LogP contribution >= 0.6 is 11.8 Å². The van der Waals surface area contributed by atoms with Crippen molar-refractivity contribution >= 4 is 29.5 Å². The lowest BCUT2D eigenvalue weighted by molar-refractivity contribution is -0.147. The summed E-state index contributed by atoms with van der Waals surface area (Å²) in [6.07, 6.45) is 1.71. The molecule has 2 aliphatic rings. The summed E-state index contributed by atoms with van der Waals surface area (Å²) in [5.74, 6) is 0.840. The van der Waals surface area contributed by atoms with Crippen molar-refractivity contribution in [3.8, 4) is 5.75 Å². The highest BCUT2D eigenvalue weighted by molar-refractivity contribution is 8.00. The number of hydrogen-bond acceptors (Lipinski definition) is 5. The molecular weight excluding hydrogens is 390 g/mol. The summed E-state index contributed by atoms with van der Waals surface area (Å²) in [7, 11) is 1.61. The fourth-order valence-electron chi connectivity index (χ4n) is 3.41. The van der Waals surface area contributed by atoms with E-state index in [0.29, 0.717) is 30.8 Å². The molecule has 0 aromatic heterocycles. The van der Waals surface area contributed by atoms with Gasteiger partial charge in [0.1, 0.15) is 22.9 Å². The first-order valence-electron chi connectivity index (χ1n) is 9.81. The van der Waals surface area contributed by atoms with Crippen LogP contribution in [-0.4, -0.2) is 53.4 Å². The average molecular weight is 418 g/mol. The summed E-state index contributed by atoms with van der Waals surface area (Å²) < 4.78 is 5.13. The Morgan fingerprint density at radius 1 is 1.28 bits per heavy atom. The SMILES string of the molecule is CCCNC(=O)C1=C(C)CSC2C(NC(=O)CCc3ccc(OC)cc3)C(=O)N12. The maximum absolute atomic E-state index is 12.7. The molecule has 29 heavy (non-hydrogen) atoms. The first-order valence-corrected chi connectivity index (χ1v) is 10.9. The van der Waals surface area contributed by atoms with Crippen molar-refractivity contribution in [1.29, 1.82) is 0 Å². The van der Waals surface area contributed by atoms with Gasteiger partial charge in [0.2, 0.25) is 5.91 Å². The number of thioether (sulfide) groups is 1. The molecule has 8 heteroatoms. The van der Waals surface area contributed by atoms with E-state index in [2.05, 4.69) is 10.6 Å². The third kappa shape index (κ3) is 4.58. The molecule has 0 aliphatic carbocycles. The van der Waals surface area contributed by atoms with E-state index in [9.17, 15) is 14.4 Å². The zero-order chi connectivity index (χ0) is 21.0. The van der Waals surface area contributed by atoms with Gasteiger partial charge < -0.3 is 15.4 Å². The van der Waals surface area contributed by atoms with Crippen LogP contribution in [0.25, 0.3) is 0 Å². The number of carbonyl (C=O) groups excluding carboxylic acids is 3. The quantitative estimate of drug-likeness (QED) is 0.630. The van der Waals surface area contributed by atoms with Gasteiger partial charge in [-0.3, -0.25) is 19.3 Å². The van der Waals surface area contributed by atoms with Crippen molar-refractivity contribution in [3.63, 3.8) is 0 Å². The summed E-state index contributed by atoms with van der Waals surface area (Å²) in [6.45, 7) is 4.42. The Labute approximate surface area is 175 Å². The van der Waals surface area contributed by atoms with E-state index >= 15 is 0 Å². The van der Waals surface area contributed by atoms with Gasteiger partial charge in [-0.15, -0.1) is 11.8 Å². The Morgan fingerprint density at radius 3 is 2.66 bits per heavy atom. The largest absolute Gasteiger partial charge is 0.497 e. The highest BCUT2D eigenvalue weighted by atomic mass is 32.2. The normalized spacial score (nSPS) is 20.7. The van der Waals surface area contributed by atoms with Gasteiger partial charge in [0.15, 0.2) is 0 Å². The standard InChI is InChI=1S/C21H27N3O4S/c1-4-11-22-19(26)18-13(2)12-29-21-17(20(27)24(18)21)23-16(25)10-7-14-5-8-15(28-3)9-6-14/h5-6,8-9,17,21H,4,7,10-12H2,1-3H3,(H,22,26)(H,23,25). The van der Waals surface area contributed by atoms with Crippen LogP contribution in [0.4, 0.5) is 0 Å². The highest BCUT2D eigenvalue weighted by Crippen LogP contribution is 2.40. The predicted molar refractivity (Wildman–Crippen MR) is 112 cm³/mol. The van der Waals surface area contributed by atoms with Crippen molar-refractivity contribution in [2.24, 2.45) is 0 Å². The molecule has 7 nitrogen and oxygen atoms in total. The molecule has 2 atom stereocenters. The number of rotatable bonds is 8. The Balaban J connectivity index is 1.56. The smallest absolute Gasteiger partial charge is 0.268 e. The monoisotopic (exact) mass is 417 g/mol. The van der Waals surface area contributed by atoms with Crippen molar-refractivity contribution in [2.75, 3.05) is 19.4 Å². The van der Waals surface area contributed by atoms with E-state index in [-0.39, 0.29) is 23.1 Å². The predicted octanol–water partition coefficient (Wildman–Crippen LogP) is 1.83. The van der Waals surface area contributed by atoms with E-state index in [1.165, 1.54) is 4.90 Å². The molecule has 156 valence electrons. The van der Waals surface area contributed by atoms with Crippen LogP contribution in [0.15, 0.2) is 35.5 Å². The third-order valence-electron chi connectivity index (χ3n) is 5.03. The molecule has 3 amide bonds. The lowest BCUT2D eigenvalue weighted by atomic mass is 10.0. The van der Waals surface area contributed by atoms with E-state index < -0.39 is 6.04 Å². The van der Waals surface area contributed by atoms with Crippen LogP contribution in [-0.2, 0) is 20.8 Å². The van der Waals surface area contributed by atoms with Gasteiger partial charge in [-0.05, 0) is 43.0 Å². The van der Waals surface area contributed by atoms with Crippen LogP contribution in [0.5, 0.6) is 5.75 Å².